The number of carbonyl (C=O) groups is 3. The predicted octanol–water partition coefficient (Wildman–Crippen LogP) is 4.42. The smallest absolute Gasteiger partial charge is 0.397 e. The number of hydrogen-bond acceptors (Lipinski definition) is 7. The van der Waals surface area contributed by atoms with Crippen molar-refractivity contribution >= 4 is 52.3 Å². The molecule has 3 fully saturated rings. The molecule has 3 saturated heterocycles. The molecule has 49 heavy (non-hydrogen) atoms. The van der Waals surface area contributed by atoms with Gasteiger partial charge in [-0.2, -0.15) is 13.2 Å². The molecule has 4 aliphatic rings. The largest absolute Gasteiger partial charge is 0.418 e. The molecule has 6 rings (SSSR count). The zero-order valence-corrected chi connectivity index (χ0v) is 29.2. The first-order valence-electron chi connectivity index (χ1n) is 16.9. The summed E-state index contributed by atoms with van der Waals surface area (Å²) in [6, 6.07) is 0.903. The molecule has 0 saturated carbocycles. The maximum Gasteiger partial charge on any atom is 0.418 e. The second kappa shape index (κ2) is 14.9. The van der Waals surface area contributed by atoms with Crippen LogP contribution < -0.4 is 16.4 Å². The van der Waals surface area contributed by atoms with Crippen LogP contribution in [0.15, 0.2) is 22.9 Å². The van der Waals surface area contributed by atoms with E-state index >= 15 is 0 Å². The Bertz CT molecular complexity index is 1520. The standard InChI is InChI=1S/C33H44ClF3N8O3S/c1-41-7-3-23(4-8-41)42-12-14-43(15-13-42)30(46)27(18-21-16-25(33(35,36)37)29(38)26(34)17-21)39-31(47)44-9-5-24(6-10-44)45-11-2-22-19-49-20-28(22)40-32(45)48/h16-17,19-20,23-24,27H,2-15,18,38H2,1H3,(H,39,47)(H,40,48)/t27-/m1/s1. The summed E-state index contributed by atoms with van der Waals surface area (Å²) >= 11 is 7.68. The van der Waals surface area contributed by atoms with Crippen LogP contribution in [0.1, 0.15) is 42.4 Å². The zero-order valence-electron chi connectivity index (χ0n) is 27.6. The second-order valence-corrected chi connectivity index (χ2v) is 14.7. The van der Waals surface area contributed by atoms with Crippen molar-refractivity contribution in [3.63, 3.8) is 0 Å². The molecule has 5 heterocycles. The Balaban J connectivity index is 1.12. The topological polar surface area (TPSA) is 117 Å². The van der Waals surface area contributed by atoms with E-state index in [1.807, 2.05) is 15.7 Å². The van der Waals surface area contributed by atoms with Gasteiger partial charge in [0, 0.05) is 69.7 Å². The Labute approximate surface area is 293 Å². The number of benzene rings is 1. The summed E-state index contributed by atoms with van der Waals surface area (Å²) in [6.07, 6.45) is -0.913. The van der Waals surface area contributed by atoms with Crippen molar-refractivity contribution in [2.24, 2.45) is 0 Å². The highest BCUT2D eigenvalue weighted by molar-refractivity contribution is 7.08. The van der Waals surface area contributed by atoms with E-state index in [4.69, 9.17) is 17.3 Å². The molecule has 1 atom stereocenters. The first kappa shape index (κ1) is 35.6. The van der Waals surface area contributed by atoms with Gasteiger partial charge in [0.2, 0.25) is 5.91 Å². The molecule has 268 valence electrons. The number of thiophene rings is 1. The van der Waals surface area contributed by atoms with E-state index in [-0.39, 0.29) is 35.0 Å². The zero-order chi connectivity index (χ0) is 34.9. The Morgan fingerprint density at radius 2 is 1.65 bits per heavy atom. The van der Waals surface area contributed by atoms with Gasteiger partial charge in [0.25, 0.3) is 0 Å². The summed E-state index contributed by atoms with van der Waals surface area (Å²) in [5.41, 5.74) is 6.12. The van der Waals surface area contributed by atoms with Gasteiger partial charge in [-0.15, -0.1) is 11.3 Å². The number of piperidine rings is 2. The number of nitrogens with zero attached hydrogens (tertiary/aromatic N) is 5. The average Bonchev–Trinajstić information content (AvgIpc) is 3.45. The highest BCUT2D eigenvalue weighted by atomic mass is 35.5. The van der Waals surface area contributed by atoms with Gasteiger partial charge in [0.05, 0.1) is 22.0 Å². The first-order valence-corrected chi connectivity index (χ1v) is 18.2. The Morgan fingerprint density at radius 1 is 0.980 bits per heavy atom. The lowest BCUT2D eigenvalue weighted by Gasteiger charge is -2.43. The first-order chi connectivity index (χ1) is 23.4. The molecule has 0 radical (unpaired) electrons. The molecule has 11 nitrogen and oxygen atoms in total. The number of piperazine rings is 1. The Morgan fingerprint density at radius 3 is 2.33 bits per heavy atom. The van der Waals surface area contributed by atoms with Crippen molar-refractivity contribution < 1.29 is 27.6 Å². The SMILES string of the molecule is CN1CCC(N2CCN(C(=O)[C@@H](Cc3cc(Cl)c(N)c(C(F)(F)F)c3)NC(=O)N3CCC(N4CCc5cscc5NC4=O)CC3)CC2)CC1. The molecule has 5 amide bonds. The van der Waals surface area contributed by atoms with Crippen molar-refractivity contribution in [1.29, 1.82) is 0 Å². The number of alkyl halides is 3. The summed E-state index contributed by atoms with van der Waals surface area (Å²) in [4.78, 5) is 50.5. The van der Waals surface area contributed by atoms with Gasteiger partial charge < -0.3 is 36.0 Å². The Hall–Kier alpha value is -3.27. The maximum atomic E-state index is 14.0. The van der Waals surface area contributed by atoms with E-state index in [1.54, 1.807) is 21.1 Å². The predicted molar refractivity (Wildman–Crippen MR) is 184 cm³/mol. The van der Waals surface area contributed by atoms with Crippen LogP contribution in [-0.2, 0) is 23.8 Å². The number of nitrogens with one attached hydrogen (secondary N) is 2. The molecule has 16 heteroatoms. The van der Waals surface area contributed by atoms with Crippen LogP contribution in [0, 0.1) is 0 Å². The van der Waals surface area contributed by atoms with Gasteiger partial charge in [0.1, 0.15) is 6.04 Å². The number of amides is 5. The number of anilines is 2. The van der Waals surface area contributed by atoms with E-state index < -0.39 is 29.5 Å². The van der Waals surface area contributed by atoms with Crippen LogP contribution in [0.4, 0.5) is 34.1 Å². The fourth-order valence-electron chi connectivity index (χ4n) is 7.48. The summed E-state index contributed by atoms with van der Waals surface area (Å²) < 4.78 is 41.4. The third-order valence-electron chi connectivity index (χ3n) is 10.4. The van der Waals surface area contributed by atoms with Crippen molar-refractivity contribution in [3.05, 3.63) is 44.6 Å². The maximum absolute atomic E-state index is 14.0. The third-order valence-corrected chi connectivity index (χ3v) is 11.5. The monoisotopic (exact) mass is 724 g/mol. The van der Waals surface area contributed by atoms with Crippen LogP contribution in [0.5, 0.6) is 0 Å². The van der Waals surface area contributed by atoms with Crippen LogP contribution in [-0.4, -0.2) is 127 Å². The minimum Gasteiger partial charge on any atom is -0.397 e. The molecule has 2 aromatic rings. The van der Waals surface area contributed by atoms with Crippen molar-refractivity contribution in [2.75, 3.05) is 77.0 Å². The number of carbonyl (C=O) groups excluding carboxylic acids is 3. The van der Waals surface area contributed by atoms with Gasteiger partial charge >= 0.3 is 18.2 Å². The molecular weight excluding hydrogens is 681 g/mol. The number of rotatable bonds is 6. The van der Waals surface area contributed by atoms with Gasteiger partial charge in [-0.3, -0.25) is 9.69 Å². The minimum atomic E-state index is -4.74. The molecule has 4 N–H and O–H groups in total. The molecule has 0 unspecified atom stereocenters. The van der Waals surface area contributed by atoms with Crippen molar-refractivity contribution in [1.82, 2.24) is 29.8 Å². The van der Waals surface area contributed by atoms with E-state index in [2.05, 4.69) is 27.5 Å². The molecule has 1 aromatic heterocycles. The number of halogens is 4. The lowest BCUT2D eigenvalue weighted by atomic mass is 10.00. The summed E-state index contributed by atoms with van der Waals surface area (Å²) in [5.74, 6) is -0.346. The third kappa shape index (κ3) is 8.21. The number of nitrogens with two attached hydrogens (primary N) is 1. The van der Waals surface area contributed by atoms with Gasteiger partial charge in [-0.25, -0.2) is 9.59 Å². The van der Waals surface area contributed by atoms with Crippen molar-refractivity contribution in [2.45, 2.75) is 62.8 Å². The number of nitrogen functional groups attached to an aromatic ring is 1. The summed E-state index contributed by atoms with van der Waals surface area (Å²) in [6.45, 7) is 5.68. The van der Waals surface area contributed by atoms with E-state index in [0.717, 1.165) is 49.7 Å². The van der Waals surface area contributed by atoms with Gasteiger partial charge in [-0.1, -0.05) is 11.6 Å². The van der Waals surface area contributed by atoms with Crippen molar-refractivity contribution in [3.8, 4) is 0 Å². The minimum absolute atomic E-state index is 0.0484. The normalized spacial score (nSPS) is 21.2. The fraction of sp³-hybridized carbons (Fsp3) is 0.606. The number of urea groups is 2. The lowest BCUT2D eigenvalue weighted by Crippen LogP contribution is -2.59. The average molecular weight is 725 g/mol. The number of likely N-dealkylation sites (tertiary alicyclic amines) is 2. The molecule has 4 aliphatic heterocycles. The van der Waals surface area contributed by atoms with Crippen LogP contribution in [0.25, 0.3) is 0 Å². The molecule has 0 spiro atoms. The summed E-state index contributed by atoms with van der Waals surface area (Å²) in [5, 5.41) is 9.56. The van der Waals surface area contributed by atoms with Crippen LogP contribution in [0.2, 0.25) is 5.02 Å². The van der Waals surface area contributed by atoms with E-state index in [0.29, 0.717) is 64.7 Å². The number of hydrogen-bond donors (Lipinski definition) is 3. The van der Waals surface area contributed by atoms with Gasteiger partial charge in [-0.05, 0) is 80.9 Å². The fourth-order valence-corrected chi connectivity index (χ4v) is 8.54. The summed E-state index contributed by atoms with van der Waals surface area (Å²) in [7, 11) is 2.11. The Kier molecular flexibility index (Phi) is 10.8. The molecule has 0 bridgehead atoms. The van der Waals surface area contributed by atoms with E-state index in [9.17, 15) is 27.6 Å². The highest BCUT2D eigenvalue weighted by Gasteiger charge is 2.37. The van der Waals surface area contributed by atoms with Crippen LogP contribution in [0.3, 0.4) is 0 Å². The van der Waals surface area contributed by atoms with Crippen LogP contribution >= 0.6 is 22.9 Å². The van der Waals surface area contributed by atoms with Gasteiger partial charge in [0.15, 0.2) is 0 Å². The lowest BCUT2D eigenvalue weighted by molar-refractivity contribution is -0.137. The molecule has 1 aromatic carbocycles. The number of fused-ring (bicyclic) bond motifs is 1. The highest BCUT2D eigenvalue weighted by Crippen LogP contribution is 2.38. The molecular formula is C33H44ClF3N8O3S. The molecule has 0 aliphatic carbocycles. The van der Waals surface area contributed by atoms with E-state index in [1.165, 1.54) is 6.07 Å². The second-order valence-electron chi connectivity index (χ2n) is 13.5. The quantitative estimate of drug-likeness (QED) is 0.380.